The third-order valence-electron chi connectivity index (χ3n) is 4.60. The topological polar surface area (TPSA) is 75.6 Å². The number of hydrogen-bond donors (Lipinski definition) is 2. The Labute approximate surface area is 143 Å². The van der Waals surface area contributed by atoms with Gasteiger partial charge in [0.1, 0.15) is 11.6 Å². The highest BCUT2D eigenvalue weighted by Gasteiger charge is 2.31. The van der Waals surface area contributed by atoms with Gasteiger partial charge in [0, 0.05) is 42.8 Å². The maximum Gasteiger partial charge on any atom is 0.226 e. The summed E-state index contributed by atoms with van der Waals surface area (Å²) < 4.78 is 1.92. The molecule has 2 N–H and O–H groups in total. The molecule has 1 unspecified atom stereocenters. The van der Waals surface area contributed by atoms with Crippen molar-refractivity contribution in [1.82, 2.24) is 19.7 Å². The predicted octanol–water partition coefficient (Wildman–Crippen LogP) is 3.47. The molecule has 0 saturated carbocycles. The number of H-pyrrole nitrogens is 1. The van der Waals surface area contributed by atoms with Crippen LogP contribution in [-0.2, 0) is 17.8 Å². The fraction of sp³-hybridized carbons (Fsp3) is 0.611. The zero-order valence-electron chi connectivity index (χ0n) is 14.8. The lowest BCUT2D eigenvalue weighted by molar-refractivity contribution is -0.116. The number of amides is 1. The Morgan fingerprint density at radius 2 is 2.21 bits per heavy atom. The normalized spacial score (nSPS) is 17.2. The van der Waals surface area contributed by atoms with Crippen molar-refractivity contribution in [3.05, 3.63) is 29.5 Å². The van der Waals surface area contributed by atoms with Crippen molar-refractivity contribution in [2.75, 3.05) is 5.32 Å². The summed E-state index contributed by atoms with van der Waals surface area (Å²) in [5.74, 6) is 2.52. The number of nitrogens with zero attached hydrogens (tertiary/aromatic N) is 3. The van der Waals surface area contributed by atoms with E-state index >= 15 is 0 Å². The molecule has 0 saturated heterocycles. The molecule has 6 nitrogen and oxygen atoms in total. The number of nitrogens with one attached hydrogen (secondary N) is 2. The number of aryl methyl sites for hydroxylation is 2. The standard InChI is InChI=1S/C18H27N5O/c1-4-5-6-16-19-11-15(21-16)13-9-17(24)22-18-14(13)10-20-23(18)8-7-12(2)3/h10-13H,4-9H2,1-3H3,(H,19,21)(H,22,24). The number of aromatic amines is 1. The molecule has 1 aliphatic heterocycles. The Hall–Kier alpha value is -2.11. The molecule has 0 spiro atoms. The molecule has 3 rings (SSSR count). The van der Waals surface area contributed by atoms with Gasteiger partial charge >= 0.3 is 0 Å². The summed E-state index contributed by atoms with van der Waals surface area (Å²) in [4.78, 5) is 20.1. The van der Waals surface area contributed by atoms with Gasteiger partial charge in [-0.05, 0) is 18.8 Å². The number of rotatable bonds is 7. The smallest absolute Gasteiger partial charge is 0.226 e. The monoisotopic (exact) mass is 329 g/mol. The highest BCUT2D eigenvalue weighted by molar-refractivity contribution is 5.94. The molecule has 130 valence electrons. The third-order valence-corrected chi connectivity index (χ3v) is 4.60. The van der Waals surface area contributed by atoms with Crippen LogP contribution in [0.2, 0.25) is 0 Å². The van der Waals surface area contributed by atoms with Gasteiger partial charge in [-0.2, -0.15) is 5.10 Å². The quantitative estimate of drug-likeness (QED) is 0.816. The molecule has 1 atom stereocenters. The van der Waals surface area contributed by atoms with Crippen LogP contribution in [0.25, 0.3) is 0 Å². The van der Waals surface area contributed by atoms with Crippen molar-refractivity contribution < 1.29 is 4.79 Å². The first-order valence-electron chi connectivity index (χ1n) is 8.97. The van der Waals surface area contributed by atoms with Crippen LogP contribution in [0, 0.1) is 5.92 Å². The lowest BCUT2D eigenvalue weighted by Crippen LogP contribution is -2.25. The molecule has 1 aliphatic rings. The number of carbonyl (C=O) groups is 1. The highest BCUT2D eigenvalue weighted by Crippen LogP contribution is 2.36. The number of unbranched alkanes of at least 4 members (excludes halogenated alkanes) is 1. The molecule has 0 aliphatic carbocycles. The lowest BCUT2D eigenvalue weighted by atomic mass is 9.91. The minimum Gasteiger partial charge on any atom is -0.345 e. The van der Waals surface area contributed by atoms with Crippen LogP contribution in [0.15, 0.2) is 12.4 Å². The van der Waals surface area contributed by atoms with E-state index in [9.17, 15) is 4.79 Å². The van der Waals surface area contributed by atoms with Crippen LogP contribution in [-0.4, -0.2) is 25.7 Å². The molecule has 0 fully saturated rings. The Kier molecular flexibility index (Phi) is 5.02. The largest absolute Gasteiger partial charge is 0.345 e. The zero-order chi connectivity index (χ0) is 17.1. The van der Waals surface area contributed by atoms with E-state index < -0.39 is 0 Å². The second-order valence-corrected chi connectivity index (χ2v) is 7.05. The van der Waals surface area contributed by atoms with Crippen molar-refractivity contribution in [3.63, 3.8) is 0 Å². The molecule has 1 amide bonds. The molecule has 0 bridgehead atoms. The number of imidazole rings is 1. The van der Waals surface area contributed by atoms with E-state index in [1.165, 1.54) is 0 Å². The maximum atomic E-state index is 12.2. The average molecular weight is 329 g/mol. The number of fused-ring (bicyclic) bond motifs is 1. The molecule has 24 heavy (non-hydrogen) atoms. The molecule has 2 aromatic heterocycles. The van der Waals surface area contributed by atoms with E-state index in [2.05, 4.69) is 41.2 Å². The molecule has 2 aromatic rings. The minimum absolute atomic E-state index is 0.0180. The number of carbonyl (C=O) groups excluding carboxylic acids is 1. The van der Waals surface area contributed by atoms with E-state index in [1.807, 2.05) is 17.1 Å². The molecule has 6 heteroatoms. The fourth-order valence-corrected chi connectivity index (χ4v) is 3.12. The SMILES string of the molecule is CCCCc1ncc(C2CC(=O)Nc3c2cnn3CCC(C)C)[nH]1. The van der Waals surface area contributed by atoms with Gasteiger partial charge in [0.15, 0.2) is 0 Å². The van der Waals surface area contributed by atoms with Crippen molar-refractivity contribution in [3.8, 4) is 0 Å². The van der Waals surface area contributed by atoms with Crippen LogP contribution in [0.1, 0.15) is 69.5 Å². The molecule has 0 radical (unpaired) electrons. The average Bonchev–Trinajstić information content (AvgIpc) is 3.17. The predicted molar refractivity (Wildman–Crippen MR) is 94.0 cm³/mol. The van der Waals surface area contributed by atoms with Gasteiger partial charge in [0.25, 0.3) is 0 Å². The van der Waals surface area contributed by atoms with Crippen LogP contribution >= 0.6 is 0 Å². The third kappa shape index (κ3) is 3.52. The maximum absolute atomic E-state index is 12.2. The molecule has 3 heterocycles. The van der Waals surface area contributed by atoms with Gasteiger partial charge < -0.3 is 10.3 Å². The summed E-state index contributed by atoms with van der Waals surface area (Å²) >= 11 is 0. The van der Waals surface area contributed by atoms with Crippen LogP contribution in [0.3, 0.4) is 0 Å². The van der Waals surface area contributed by atoms with E-state index in [1.54, 1.807) is 0 Å². The fourth-order valence-electron chi connectivity index (χ4n) is 3.12. The van der Waals surface area contributed by atoms with E-state index in [0.29, 0.717) is 12.3 Å². The Morgan fingerprint density at radius 1 is 1.38 bits per heavy atom. The summed E-state index contributed by atoms with van der Waals surface area (Å²) in [5, 5.41) is 7.50. The Bertz CT molecular complexity index is 700. The summed E-state index contributed by atoms with van der Waals surface area (Å²) in [5.41, 5.74) is 2.10. The van der Waals surface area contributed by atoms with E-state index in [0.717, 1.165) is 55.1 Å². The minimum atomic E-state index is 0.0180. The first-order valence-corrected chi connectivity index (χ1v) is 8.97. The van der Waals surface area contributed by atoms with E-state index in [-0.39, 0.29) is 11.8 Å². The lowest BCUT2D eigenvalue weighted by Gasteiger charge is -2.22. The second-order valence-electron chi connectivity index (χ2n) is 7.05. The first kappa shape index (κ1) is 16.7. The van der Waals surface area contributed by atoms with Gasteiger partial charge in [-0.15, -0.1) is 0 Å². The molecule has 0 aromatic carbocycles. The van der Waals surface area contributed by atoms with Gasteiger partial charge in [-0.1, -0.05) is 27.2 Å². The van der Waals surface area contributed by atoms with E-state index in [4.69, 9.17) is 0 Å². The molecular formula is C18H27N5O. The number of aromatic nitrogens is 4. The number of hydrogen-bond acceptors (Lipinski definition) is 3. The summed E-state index contributed by atoms with van der Waals surface area (Å²) in [6, 6.07) is 0. The van der Waals surface area contributed by atoms with Crippen LogP contribution in [0.5, 0.6) is 0 Å². The number of anilines is 1. The zero-order valence-corrected chi connectivity index (χ0v) is 14.8. The first-order chi connectivity index (χ1) is 11.6. The second kappa shape index (κ2) is 7.20. The van der Waals surface area contributed by atoms with Gasteiger partial charge in [-0.3, -0.25) is 4.79 Å². The highest BCUT2D eigenvalue weighted by atomic mass is 16.1. The van der Waals surface area contributed by atoms with Gasteiger partial charge in [0.2, 0.25) is 5.91 Å². The van der Waals surface area contributed by atoms with Crippen molar-refractivity contribution in [2.45, 2.75) is 65.3 Å². The van der Waals surface area contributed by atoms with Crippen molar-refractivity contribution >= 4 is 11.7 Å². The van der Waals surface area contributed by atoms with Crippen LogP contribution < -0.4 is 5.32 Å². The van der Waals surface area contributed by atoms with Crippen molar-refractivity contribution in [2.24, 2.45) is 5.92 Å². The summed E-state index contributed by atoms with van der Waals surface area (Å²) in [6.07, 6.45) is 8.48. The summed E-state index contributed by atoms with van der Waals surface area (Å²) in [7, 11) is 0. The Morgan fingerprint density at radius 3 is 2.96 bits per heavy atom. The molecular weight excluding hydrogens is 302 g/mol. The van der Waals surface area contributed by atoms with Gasteiger partial charge in [-0.25, -0.2) is 9.67 Å². The summed E-state index contributed by atoms with van der Waals surface area (Å²) in [6.45, 7) is 7.39. The van der Waals surface area contributed by atoms with Gasteiger partial charge in [0.05, 0.1) is 6.20 Å². The van der Waals surface area contributed by atoms with Crippen molar-refractivity contribution in [1.29, 1.82) is 0 Å². The van der Waals surface area contributed by atoms with Crippen LogP contribution in [0.4, 0.5) is 5.82 Å². The Balaban J connectivity index is 1.83.